The van der Waals surface area contributed by atoms with Crippen molar-refractivity contribution in [2.24, 2.45) is 0 Å². The van der Waals surface area contributed by atoms with E-state index in [2.05, 4.69) is 5.32 Å². The molecular formula is C12H17NO3. The number of nitrogens with one attached hydrogen (secondary N) is 1. The average molecular weight is 223 g/mol. The summed E-state index contributed by atoms with van der Waals surface area (Å²) in [5.74, 6) is 2.30. The van der Waals surface area contributed by atoms with Crippen LogP contribution >= 0.6 is 0 Å². The molecule has 1 aliphatic heterocycles. The van der Waals surface area contributed by atoms with Crippen molar-refractivity contribution in [3.8, 4) is 17.2 Å². The van der Waals surface area contributed by atoms with E-state index in [0.29, 0.717) is 0 Å². The van der Waals surface area contributed by atoms with E-state index in [4.69, 9.17) is 14.2 Å². The van der Waals surface area contributed by atoms with Gasteiger partial charge >= 0.3 is 0 Å². The van der Waals surface area contributed by atoms with E-state index in [-0.39, 0.29) is 6.10 Å². The lowest BCUT2D eigenvalue weighted by Crippen LogP contribution is -2.19. The maximum absolute atomic E-state index is 5.84. The fraction of sp³-hybridized carbons (Fsp3) is 0.500. The van der Waals surface area contributed by atoms with Gasteiger partial charge in [-0.2, -0.15) is 0 Å². The lowest BCUT2D eigenvalue weighted by Gasteiger charge is -2.14. The van der Waals surface area contributed by atoms with Crippen molar-refractivity contribution in [1.29, 1.82) is 0 Å². The number of hydrogen-bond donors (Lipinski definition) is 1. The van der Waals surface area contributed by atoms with E-state index in [1.807, 2.05) is 18.2 Å². The Bertz CT molecular complexity index is 326. The Labute approximate surface area is 95.5 Å². The SMILES string of the molecule is COc1cc(OC)cc(OC2CCNC2)c1. The second-order valence-electron chi connectivity index (χ2n) is 3.78. The smallest absolute Gasteiger partial charge is 0.127 e. The topological polar surface area (TPSA) is 39.7 Å². The van der Waals surface area contributed by atoms with Crippen molar-refractivity contribution in [2.45, 2.75) is 12.5 Å². The van der Waals surface area contributed by atoms with Crippen molar-refractivity contribution in [3.63, 3.8) is 0 Å². The van der Waals surface area contributed by atoms with Gasteiger partial charge in [-0.15, -0.1) is 0 Å². The van der Waals surface area contributed by atoms with Gasteiger partial charge in [-0.1, -0.05) is 0 Å². The molecule has 1 atom stereocenters. The van der Waals surface area contributed by atoms with E-state index in [0.717, 1.165) is 36.8 Å². The monoisotopic (exact) mass is 223 g/mol. The molecule has 0 aliphatic carbocycles. The van der Waals surface area contributed by atoms with Gasteiger partial charge in [0.1, 0.15) is 23.4 Å². The van der Waals surface area contributed by atoms with Crippen molar-refractivity contribution < 1.29 is 14.2 Å². The average Bonchev–Trinajstić information content (AvgIpc) is 2.81. The van der Waals surface area contributed by atoms with Crippen molar-refractivity contribution in [3.05, 3.63) is 18.2 Å². The van der Waals surface area contributed by atoms with Gasteiger partial charge in [0.05, 0.1) is 14.2 Å². The predicted molar refractivity (Wildman–Crippen MR) is 61.4 cm³/mol. The summed E-state index contributed by atoms with van der Waals surface area (Å²) in [4.78, 5) is 0. The standard InChI is InChI=1S/C12H17NO3/c1-14-10-5-11(15-2)7-12(6-10)16-9-3-4-13-8-9/h5-7,9,13H,3-4,8H2,1-2H3. The van der Waals surface area contributed by atoms with Crippen LogP contribution in [0.5, 0.6) is 17.2 Å². The normalized spacial score (nSPS) is 19.5. The lowest BCUT2D eigenvalue weighted by molar-refractivity contribution is 0.221. The van der Waals surface area contributed by atoms with E-state index in [1.54, 1.807) is 14.2 Å². The van der Waals surface area contributed by atoms with Gasteiger partial charge in [-0.3, -0.25) is 0 Å². The highest BCUT2D eigenvalue weighted by molar-refractivity contribution is 5.42. The summed E-state index contributed by atoms with van der Waals surface area (Å²) in [6.07, 6.45) is 1.29. The largest absolute Gasteiger partial charge is 0.496 e. The van der Waals surface area contributed by atoms with E-state index < -0.39 is 0 Å². The van der Waals surface area contributed by atoms with Crippen LogP contribution in [0.1, 0.15) is 6.42 Å². The van der Waals surface area contributed by atoms with Crippen LogP contribution in [0.3, 0.4) is 0 Å². The third-order valence-electron chi connectivity index (χ3n) is 2.64. The number of ether oxygens (including phenoxy) is 3. The fourth-order valence-electron chi connectivity index (χ4n) is 1.77. The second kappa shape index (κ2) is 5.07. The molecule has 16 heavy (non-hydrogen) atoms. The van der Waals surface area contributed by atoms with Crippen LogP contribution < -0.4 is 19.5 Å². The molecule has 0 amide bonds. The van der Waals surface area contributed by atoms with Crippen LogP contribution in [0.15, 0.2) is 18.2 Å². The van der Waals surface area contributed by atoms with E-state index >= 15 is 0 Å². The zero-order valence-corrected chi connectivity index (χ0v) is 9.66. The highest BCUT2D eigenvalue weighted by atomic mass is 16.5. The number of hydrogen-bond acceptors (Lipinski definition) is 4. The molecule has 4 heteroatoms. The number of rotatable bonds is 4. The molecule has 1 aromatic carbocycles. The summed E-state index contributed by atoms with van der Waals surface area (Å²) >= 11 is 0. The summed E-state index contributed by atoms with van der Waals surface area (Å²) in [5, 5.41) is 3.26. The van der Waals surface area contributed by atoms with Gasteiger partial charge in [0, 0.05) is 24.7 Å². The number of benzene rings is 1. The van der Waals surface area contributed by atoms with Gasteiger partial charge in [-0.25, -0.2) is 0 Å². The second-order valence-corrected chi connectivity index (χ2v) is 3.78. The zero-order valence-electron chi connectivity index (χ0n) is 9.66. The summed E-state index contributed by atoms with van der Waals surface area (Å²) in [6.45, 7) is 1.92. The Morgan fingerprint density at radius 3 is 2.19 bits per heavy atom. The molecule has 0 aromatic heterocycles. The first-order chi connectivity index (χ1) is 7.81. The molecule has 1 aliphatic rings. The Morgan fingerprint density at radius 2 is 1.69 bits per heavy atom. The minimum atomic E-state index is 0.247. The van der Waals surface area contributed by atoms with Crippen LogP contribution in [0.2, 0.25) is 0 Å². The Morgan fingerprint density at radius 1 is 1.06 bits per heavy atom. The molecule has 0 spiro atoms. The molecule has 1 saturated heterocycles. The molecule has 1 fully saturated rings. The molecule has 88 valence electrons. The molecule has 0 saturated carbocycles. The molecule has 0 radical (unpaired) electrons. The molecule has 1 unspecified atom stereocenters. The fourth-order valence-corrected chi connectivity index (χ4v) is 1.77. The quantitative estimate of drug-likeness (QED) is 0.838. The highest BCUT2D eigenvalue weighted by Crippen LogP contribution is 2.28. The van der Waals surface area contributed by atoms with Gasteiger partial charge in [0.25, 0.3) is 0 Å². The third-order valence-corrected chi connectivity index (χ3v) is 2.64. The van der Waals surface area contributed by atoms with Crippen LogP contribution in [0, 0.1) is 0 Å². The molecular weight excluding hydrogens is 206 g/mol. The molecule has 1 N–H and O–H groups in total. The van der Waals surface area contributed by atoms with Crippen molar-refractivity contribution in [2.75, 3.05) is 27.3 Å². The van der Waals surface area contributed by atoms with Crippen molar-refractivity contribution >= 4 is 0 Å². The van der Waals surface area contributed by atoms with Crippen molar-refractivity contribution in [1.82, 2.24) is 5.32 Å². The molecule has 0 bridgehead atoms. The summed E-state index contributed by atoms with van der Waals surface area (Å²) in [5.41, 5.74) is 0. The summed E-state index contributed by atoms with van der Waals surface area (Å²) in [6, 6.07) is 5.58. The van der Waals surface area contributed by atoms with Gasteiger partial charge < -0.3 is 19.5 Å². The lowest BCUT2D eigenvalue weighted by atomic mass is 10.3. The Kier molecular flexibility index (Phi) is 3.51. The minimum absolute atomic E-state index is 0.247. The first kappa shape index (κ1) is 11.1. The Balaban J connectivity index is 2.12. The molecule has 1 heterocycles. The van der Waals surface area contributed by atoms with Gasteiger partial charge in [-0.05, 0) is 13.0 Å². The van der Waals surface area contributed by atoms with Crippen LogP contribution in [-0.2, 0) is 0 Å². The zero-order chi connectivity index (χ0) is 11.4. The molecule has 4 nitrogen and oxygen atoms in total. The maximum Gasteiger partial charge on any atom is 0.127 e. The van der Waals surface area contributed by atoms with Gasteiger partial charge in [0.2, 0.25) is 0 Å². The third kappa shape index (κ3) is 2.58. The molecule has 1 aromatic rings. The maximum atomic E-state index is 5.84. The van der Waals surface area contributed by atoms with Crippen LogP contribution in [0.4, 0.5) is 0 Å². The van der Waals surface area contributed by atoms with Crippen LogP contribution in [0.25, 0.3) is 0 Å². The Hall–Kier alpha value is -1.42. The summed E-state index contributed by atoms with van der Waals surface area (Å²) < 4.78 is 16.2. The molecule has 2 rings (SSSR count). The van der Waals surface area contributed by atoms with Gasteiger partial charge in [0.15, 0.2) is 0 Å². The first-order valence-electron chi connectivity index (χ1n) is 5.42. The highest BCUT2D eigenvalue weighted by Gasteiger charge is 2.16. The number of methoxy groups -OCH3 is 2. The predicted octanol–water partition coefficient (Wildman–Crippen LogP) is 1.44. The summed E-state index contributed by atoms with van der Waals surface area (Å²) in [7, 11) is 3.27. The minimum Gasteiger partial charge on any atom is -0.496 e. The van der Waals surface area contributed by atoms with E-state index in [1.165, 1.54) is 0 Å². The van der Waals surface area contributed by atoms with Crippen LogP contribution in [-0.4, -0.2) is 33.4 Å². The van der Waals surface area contributed by atoms with E-state index in [9.17, 15) is 0 Å². The first-order valence-corrected chi connectivity index (χ1v) is 5.42.